The molecule has 2 aromatic rings. The molecule has 0 aliphatic heterocycles. The van der Waals surface area contributed by atoms with Gasteiger partial charge in [-0.3, -0.25) is 9.59 Å². The summed E-state index contributed by atoms with van der Waals surface area (Å²) in [5.41, 5.74) is 1.60. The molecule has 0 heterocycles. The van der Waals surface area contributed by atoms with Crippen LogP contribution in [0.5, 0.6) is 5.75 Å². The fourth-order valence-corrected chi connectivity index (χ4v) is 2.74. The van der Waals surface area contributed by atoms with Gasteiger partial charge in [0.15, 0.2) is 0 Å². The van der Waals surface area contributed by atoms with E-state index in [1.807, 2.05) is 30.3 Å². The number of carbonyl (C=O) groups excluding carboxylic acids is 2. The van der Waals surface area contributed by atoms with E-state index in [1.165, 1.54) is 19.2 Å². The molecule has 0 saturated carbocycles. The standard InChI is InChI=1S/C21H23F2NO4/c1-15(20(26)27-2)13-24(14-17-6-4-3-5-7-17)19(25)12-16-8-10-18(11-9-16)28-21(22)23/h3-11,15,21H,12-14H2,1-2H3. The summed E-state index contributed by atoms with van der Waals surface area (Å²) in [6, 6.07) is 15.4. The van der Waals surface area contributed by atoms with E-state index < -0.39 is 12.5 Å². The molecule has 28 heavy (non-hydrogen) atoms. The fraction of sp³-hybridized carbons (Fsp3) is 0.333. The second-order valence-corrected chi connectivity index (χ2v) is 6.38. The molecular formula is C21H23F2NO4. The van der Waals surface area contributed by atoms with Crippen LogP contribution in [0.2, 0.25) is 0 Å². The molecule has 0 N–H and O–H groups in total. The molecule has 0 bridgehead atoms. The van der Waals surface area contributed by atoms with Crippen molar-refractivity contribution >= 4 is 11.9 Å². The Balaban J connectivity index is 2.09. The highest BCUT2D eigenvalue weighted by molar-refractivity contribution is 5.80. The van der Waals surface area contributed by atoms with Crippen LogP contribution in [0.15, 0.2) is 54.6 Å². The summed E-state index contributed by atoms with van der Waals surface area (Å²) in [4.78, 5) is 26.2. The minimum Gasteiger partial charge on any atom is -0.469 e. The average Bonchev–Trinajstić information content (AvgIpc) is 2.68. The number of benzene rings is 2. The first-order valence-electron chi connectivity index (χ1n) is 8.82. The molecule has 0 radical (unpaired) electrons. The number of amides is 1. The van der Waals surface area contributed by atoms with Gasteiger partial charge in [0, 0.05) is 13.1 Å². The molecule has 1 unspecified atom stereocenters. The van der Waals surface area contributed by atoms with Crippen LogP contribution in [-0.2, 0) is 27.3 Å². The third kappa shape index (κ3) is 6.64. The molecule has 0 aromatic heterocycles. The van der Waals surface area contributed by atoms with Crippen molar-refractivity contribution in [2.75, 3.05) is 13.7 Å². The van der Waals surface area contributed by atoms with Gasteiger partial charge in [-0.25, -0.2) is 0 Å². The number of nitrogens with zero attached hydrogens (tertiary/aromatic N) is 1. The highest BCUT2D eigenvalue weighted by Crippen LogP contribution is 2.17. The summed E-state index contributed by atoms with van der Waals surface area (Å²) >= 11 is 0. The molecule has 150 valence electrons. The van der Waals surface area contributed by atoms with Gasteiger partial charge in [-0.2, -0.15) is 8.78 Å². The first-order chi connectivity index (χ1) is 13.4. The van der Waals surface area contributed by atoms with Crippen LogP contribution in [0.1, 0.15) is 18.1 Å². The minimum atomic E-state index is -2.89. The summed E-state index contributed by atoms with van der Waals surface area (Å²) in [5, 5.41) is 0. The lowest BCUT2D eigenvalue weighted by Gasteiger charge is -2.25. The number of carbonyl (C=O) groups is 2. The number of halogens is 2. The topological polar surface area (TPSA) is 55.8 Å². The summed E-state index contributed by atoms with van der Waals surface area (Å²) in [7, 11) is 1.31. The Hall–Kier alpha value is -2.96. The van der Waals surface area contributed by atoms with Gasteiger partial charge in [0.05, 0.1) is 19.4 Å². The fourth-order valence-electron chi connectivity index (χ4n) is 2.74. The molecule has 0 aliphatic carbocycles. The Morgan fingerprint density at radius 2 is 1.64 bits per heavy atom. The van der Waals surface area contributed by atoms with Crippen molar-refractivity contribution in [1.29, 1.82) is 0 Å². The molecule has 1 atom stereocenters. The smallest absolute Gasteiger partial charge is 0.387 e. The van der Waals surface area contributed by atoms with Crippen LogP contribution >= 0.6 is 0 Å². The van der Waals surface area contributed by atoms with Gasteiger partial charge in [0.1, 0.15) is 5.75 Å². The van der Waals surface area contributed by atoms with Crippen molar-refractivity contribution in [2.45, 2.75) is 26.5 Å². The second-order valence-electron chi connectivity index (χ2n) is 6.38. The lowest BCUT2D eigenvalue weighted by Crippen LogP contribution is -2.37. The molecule has 0 aliphatic rings. The van der Waals surface area contributed by atoms with Crippen molar-refractivity contribution in [3.8, 4) is 5.75 Å². The molecule has 0 spiro atoms. The van der Waals surface area contributed by atoms with Gasteiger partial charge in [-0.15, -0.1) is 0 Å². The third-order valence-corrected chi connectivity index (χ3v) is 4.17. The zero-order valence-electron chi connectivity index (χ0n) is 15.8. The number of hydrogen-bond acceptors (Lipinski definition) is 4. The molecule has 0 fully saturated rings. The maximum Gasteiger partial charge on any atom is 0.387 e. The largest absolute Gasteiger partial charge is 0.469 e. The molecule has 2 aromatic carbocycles. The Morgan fingerprint density at radius 3 is 2.21 bits per heavy atom. The van der Waals surface area contributed by atoms with E-state index in [0.717, 1.165) is 5.56 Å². The Morgan fingerprint density at radius 1 is 1.00 bits per heavy atom. The van der Waals surface area contributed by atoms with Crippen LogP contribution < -0.4 is 4.74 Å². The molecule has 7 heteroatoms. The minimum absolute atomic E-state index is 0.0339. The van der Waals surface area contributed by atoms with Crippen LogP contribution in [0.4, 0.5) is 8.78 Å². The van der Waals surface area contributed by atoms with E-state index >= 15 is 0 Å². The summed E-state index contributed by atoms with van der Waals surface area (Å²) < 4.78 is 33.5. The number of esters is 1. The molecule has 5 nitrogen and oxygen atoms in total. The van der Waals surface area contributed by atoms with Crippen molar-refractivity contribution in [3.05, 3.63) is 65.7 Å². The van der Waals surface area contributed by atoms with Gasteiger partial charge in [-0.1, -0.05) is 49.4 Å². The SMILES string of the molecule is COC(=O)C(C)CN(Cc1ccccc1)C(=O)Cc1ccc(OC(F)F)cc1. The van der Waals surface area contributed by atoms with Crippen molar-refractivity contribution in [1.82, 2.24) is 4.90 Å². The predicted molar refractivity (Wildman–Crippen MR) is 99.8 cm³/mol. The highest BCUT2D eigenvalue weighted by Gasteiger charge is 2.22. The zero-order valence-corrected chi connectivity index (χ0v) is 15.8. The Labute approximate surface area is 162 Å². The van der Waals surface area contributed by atoms with Crippen LogP contribution in [0.3, 0.4) is 0 Å². The van der Waals surface area contributed by atoms with Crippen LogP contribution in [-0.4, -0.2) is 37.0 Å². The number of hydrogen-bond donors (Lipinski definition) is 0. The second kappa shape index (κ2) is 10.4. The summed E-state index contributed by atoms with van der Waals surface area (Å²) in [6.07, 6.45) is 0.0791. The van der Waals surface area contributed by atoms with E-state index in [1.54, 1.807) is 24.0 Å². The van der Waals surface area contributed by atoms with E-state index in [4.69, 9.17) is 4.74 Å². The lowest BCUT2D eigenvalue weighted by molar-refractivity contribution is -0.146. The predicted octanol–water partition coefficient (Wildman–Crippen LogP) is 3.67. The monoisotopic (exact) mass is 391 g/mol. The molecule has 2 rings (SSSR count). The van der Waals surface area contributed by atoms with Crippen LogP contribution in [0, 0.1) is 5.92 Å². The summed E-state index contributed by atoms with van der Waals surface area (Å²) in [6.45, 7) is -0.623. The Kier molecular flexibility index (Phi) is 7.92. The summed E-state index contributed by atoms with van der Waals surface area (Å²) in [5.74, 6) is -1.01. The zero-order chi connectivity index (χ0) is 20.5. The van der Waals surface area contributed by atoms with E-state index in [2.05, 4.69) is 4.74 Å². The highest BCUT2D eigenvalue weighted by atomic mass is 19.3. The first kappa shape index (κ1) is 21.3. The van der Waals surface area contributed by atoms with E-state index in [9.17, 15) is 18.4 Å². The Bertz CT molecular complexity index is 766. The number of methoxy groups -OCH3 is 1. The van der Waals surface area contributed by atoms with Crippen molar-refractivity contribution < 1.29 is 27.8 Å². The van der Waals surface area contributed by atoms with Gasteiger partial charge in [0.2, 0.25) is 5.91 Å². The molecular weight excluding hydrogens is 368 g/mol. The lowest BCUT2D eigenvalue weighted by atomic mass is 10.1. The first-order valence-corrected chi connectivity index (χ1v) is 8.82. The van der Waals surface area contributed by atoms with Gasteiger partial charge in [-0.05, 0) is 23.3 Å². The number of rotatable bonds is 9. The third-order valence-electron chi connectivity index (χ3n) is 4.17. The molecule has 0 saturated heterocycles. The average molecular weight is 391 g/mol. The van der Waals surface area contributed by atoms with E-state index in [-0.39, 0.29) is 30.6 Å². The number of ether oxygens (including phenoxy) is 2. The number of alkyl halides is 2. The van der Waals surface area contributed by atoms with Gasteiger partial charge in [0.25, 0.3) is 0 Å². The van der Waals surface area contributed by atoms with E-state index in [0.29, 0.717) is 12.1 Å². The maximum atomic E-state index is 12.8. The maximum absolute atomic E-state index is 12.8. The van der Waals surface area contributed by atoms with Gasteiger partial charge < -0.3 is 14.4 Å². The quantitative estimate of drug-likeness (QED) is 0.612. The van der Waals surface area contributed by atoms with Gasteiger partial charge >= 0.3 is 12.6 Å². The normalized spacial score (nSPS) is 11.8. The molecule has 1 amide bonds. The van der Waals surface area contributed by atoms with Crippen molar-refractivity contribution in [3.63, 3.8) is 0 Å². The van der Waals surface area contributed by atoms with Crippen molar-refractivity contribution in [2.24, 2.45) is 5.92 Å². The van der Waals surface area contributed by atoms with Crippen LogP contribution in [0.25, 0.3) is 0 Å².